The molecule has 2 aromatic rings. The van der Waals surface area contributed by atoms with Crippen LogP contribution in [0.3, 0.4) is 0 Å². The second-order valence-electron chi connectivity index (χ2n) is 2.88. The molecule has 5 heteroatoms. The lowest BCUT2D eigenvalue weighted by molar-refractivity contribution is 0.0691. The van der Waals surface area contributed by atoms with Crippen LogP contribution in [-0.2, 0) is 0 Å². The fourth-order valence-corrected chi connectivity index (χ4v) is 1.12. The quantitative estimate of drug-likeness (QED) is 0.758. The third-order valence-electron chi connectivity index (χ3n) is 1.77. The molecule has 2 heterocycles. The van der Waals surface area contributed by atoms with Crippen molar-refractivity contribution < 1.29 is 14.3 Å². The number of oxazole rings is 1. The maximum Gasteiger partial charge on any atom is 0.352 e. The molecule has 0 atom stereocenters. The van der Waals surface area contributed by atoms with Crippen molar-refractivity contribution in [3.8, 4) is 11.6 Å². The fourth-order valence-electron chi connectivity index (χ4n) is 1.12. The van der Waals surface area contributed by atoms with Crippen LogP contribution in [0.2, 0.25) is 0 Å². The van der Waals surface area contributed by atoms with Crippen LogP contribution in [0.1, 0.15) is 16.2 Å². The summed E-state index contributed by atoms with van der Waals surface area (Å²) in [5, 5.41) is 8.67. The number of nitrogens with one attached hydrogen (secondary N) is 1. The lowest BCUT2D eigenvalue weighted by Gasteiger charge is -1.88. The molecule has 2 N–H and O–H groups in total. The Morgan fingerprint density at radius 2 is 2.36 bits per heavy atom. The van der Waals surface area contributed by atoms with Gasteiger partial charge in [0, 0.05) is 0 Å². The lowest BCUT2D eigenvalue weighted by atomic mass is 10.4. The SMILES string of the molecule is Cc1coc(-c2ccc(C(=O)O)[nH]2)n1. The van der Waals surface area contributed by atoms with Crippen molar-refractivity contribution in [1.29, 1.82) is 0 Å². The summed E-state index contributed by atoms with van der Waals surface area (Å²) in [7, 11) is 0. The lowest BCUT2D eigenvalue weighted by Crippen LogP contribution is -1.95. The number of H-pyrrole nitrogens is 1. The number of carbonyl (C=O) groups is 1. The molecule has 72 valence electrons. The molecule has 0 aromatic carbocycles. The van der Waals surface area contributed by atoms with E-state index in [-0.39, 0.29) is 5.69 Å². The number of carboxylic acids is 1. The standard InChI is InChI=1S/C9H8N2O3/c1-5-4-14-8(10-5)6-2-3-7(11-6)9(12)13/h2-4,11H,1H3,(H,12,13). The Bertz CT molecular complexity index is 470. The topological polar surface area (TPSA) is 79.1 Å². The Hall–Kier alpha value is -2.04. The number of aromatic nitrogens is 2. The molecule has 5 nitrogen and oxygen atoms in total. The smallest absolute Gasteiger partial charge is 0.352 e. The molecule has 0 fully saturated rings. The highest BCUT2D eigenvalue weighted by Crippen LogP contribution is 2.17. The van der Waals surface area contributed by atoms with E-state index in [1.54, 1.807) is 13.0 Å². The Morgan fingerprint density at radius 1 is 1.57 bits per heavy atom. The van der Waals surface area contributed by atoms with Gasteiger partial charge in [-0.25, -0.2) is 9.78 Å². The molecule has 2 aromatic heterocycles. The molecule has 0 aliphatic rings. The number of aromatic amines is 1. The normalized spacial score (nSPS) is 10.4. The van der Waals surface area contributed by atoms with Gasteiger partial charge in [0.25, 0.3) is 0 Å². The van der Waals surface area contributed by atoms with Crippen molar-refractivity contribution in [2.45, 2.75) is 6.92 Å². The van der Waals surface area contributed by atoms with Crippen LogP contribution in [0.25, 0.3) is 11.6 Å². The first-order valence-corrected chi connectivity index (χ1v) is 4.01. The van der Waals surface area contributed by atoms with E-state index in [9.17, 15) is 4.79 Å². The highest BCUT2D eigenvalue weighted by atomic mass is 16.4. The van der Waals surface area contributed by atoms with Gasteiger partial charge in [-0.05, 0) is 19.1 Å². The van der Waals surface area contributed by atoms with Gasteiger partial charge in [-0.3, -0.25) is 0 Å². The molecule has 0 amide bonds. The van der Waals surface area contributed by atoms with Gasteiger partial charge < -0.3 is 14.5 Å². The van der Waals surface area contributed by atoms with E-state index in [1.807, 2.05) is 0 Å². The minimum absolute atomic E-state index is 0.121. The van der Waals surface area contributed by atoms with Gasteiger partial charge in [0.05, 0.1) is 5.69 Å². The van der Waals surface area contributed by atoms with Crippen molar-refractivity contribution in [2.75, 3.05) is 0 Å². The van der Waals surface area contributed by atoms with Crippen molar-refractivity contribution in [3.05, 3.63) is 29.8 Å². The number of hydrogen-bond acceptors (Lipinski definition) is 3. The Morgan fingerprint density at radius 3 is 2.86 bits per heavy atom. The molecule has 0 unspecified atom stereocenters. The van der Waals surface area contributed by atoms with Gasteiger partial charge in [-0.1, -0.05) is 0 Å². The second kappa shape index (κ2) is 3.02. The monoisotopic (exact) mass is 192 g/mol. The van der Waals surface area contributed by atoms with Crippen LogP contribution in [0, 0.1) is 6.92 Å². The van der Waals surface area contributed by atoms with E-state index >= 15 is 0 Å². The minimum Gasteiger partial charge on any atom is -0.477 e. The van der Waals surface area contributed by atoms with E-state index in [4.69, 9.17) is 9.52 Å². The van der Waals surface area contributed by atoms with Crippen molar-refractivity contribution in [1.82, 2.24) is 9.97 Å². The highest BCUT2D eigenvalue weighted by Gasteiger charge is 2.10. The number of aromatic carboxylic acids is 1. The summed E-state index contributed by atoms with van der Waals surface area (Å²) >= 11 is 0. The zero-order valence-corrected chi connectivity index (χ0v) is 7.44. The van der Waals surface area contributed by atoms with Gasteiger partial charge in [-0.2, -0.15) is 0 Å². The second-order valence-corrected chi connectivity index (χ2v) is 2.88. The Labute approximate surface area is 79.4 Å². The average molecular weight is 192 g/mol. The molecular formula is C9H8N2O3. The highest BCUT2D eigenvalue weighted by molar-refractivity contribution is 5.86. The van der Waals surface area contributed by atoms with Gasteiger partial charge in [0.1, 0.15) is 17.7 Å². The first kappa shape index (κ1) is 8.55. The van der Waals surface area contributed by atoms with Gasteiger partial charge >= 0.3 is 5.97 Å². The maximum atomic E-state index is 10.6. The number of hydrogen-bond donors (Lipinski definition) is 2. The van der Waals surface area contributed by atoms with Gasteiger partial charge in [-0.15, -0.1) is 0 Å². The van der Waals surface area contributed by atoms with Crippen LogP contribution in [0.15, 0.2) is 22.8 Å². The summed E-state index contributed by atoms with van der Waals surface area (Å²) in [6.45, 7) is 1.80. The Balaban J connectivity index is 2.38. The zero-order chi connectivity index (χ0) is 10.1. The molecule has 2 rings (SSSR count). The van der Waals surface area contributed by atoms with E-state index in [0.29, 0.717) is 11.6 Å². The Kier molecular flexibility index (Phi) is 1.85. The summed E-state index contributed by atoms with van der Waals surface area (Å²) in [6.07, 6.45) is 1.51. The maximum absolute atomic E-state index is 10.6. The average Bonchev–Trinajstić information content (AvgIpc) is 2.70. The summed E-state index contributed by atoms with van der Waals surface area (Å²) < 4.78 is 5.11. The largest absolute Gasteiger partial charge is 0.477 e. The van der Waals surface area contributed by atoms with E-state index in [1.165, 1.54) is 12.3 Å². The van der Waals surface area contributed by atoms with Crippen LogP contribution in [0.4, 0.5) is 0 Å². The molecule has 0 aliphatic heterocycles. The van der Waals surface area contributed by atoms with Gasteiger partial charge in [0.15, 0.2) is 0 Å². The number of aryl methyl sites for hydroxylation is 1. The van der Waals surface area contributed by atoms with E-state index in [2.05, 4.69) is 9.97 Å². The zero-order valence-electron chi connectivity index (χ0n) is 7.44. The molecule has 0 spiro atoms. The number of nitrogens with zero attached hydrogens (tertiary/aromatic N) is 1. The molecule has 0 aliphatic carbocycles. The third-order valence-corrected chi connectivity index (χ3v) is 1.77. The first-order chi connectivity index (χ1) is 6.66. The van der Waals surface area contributed by atoms with E-state index in [0.717, 1.165) is 5.69 Å². The van der Waals surface area contributed by atoms with E-state index < -0.39 is 5.97 Å². The van der Waals surface area contributed by atoms with Crippen LogP contribution in [-0.4, -0.2) is 21.0 Å². The molecule has 0 saturated carbocycles. The fraction of sp³-hybridized carbons (Fsp3) is 0.111. The molecule has 14 heavy (non-hydrogen) atoms. The van der Waals surface area contributed by atoms with Crippen LogP contribution >= 0.6 is 0 Å². The van der Waals surface area contributed by atoms with Crippen LogP contribution in [0.5, 0.6) is 0 Å². The number of carboxylic acid groups (broad SMARTS) is 1. The summed E-state index contributed by atoms with van der Waals surface area (Å²) in [6, 6.07) is 3.09. The molecular weight excluding hydrogens is 184 g/mol. The van der Waals surface area contributed by atoms with Crippen LogP contribution < -0.4 is 0 Å². The molecule has 0 radical (unpaired) electrons. The molecule has 0 saturated heterocycles. The first-order valence-electron chi connectivity index (χ1n) is 4.01. The van der Waals surface area contributed by atoms with Crippen molar-refractivity contribution in [3.63, 3.8) is 0 Å². The van der Waals surface area contributed by atoms with Crippen molar-refractivity contribution in [2.24, 2.45) is 0 Å². The van der Waals surface area contributed by atoms with Gasteiger partial charge in [0.2, 0.25) is 5.89 Å². The predicted octanol–water partition coefficient (Wildman–Crippen LogP) is 1.68. The third kappa shape index (κ3) is 1.39. The predicted molar refractivity (Wildman–Crippen MR) is 48.0 cm³/mol. The minimum atomic E-state index is -1.00. The summed E-state index contributed by atoms with van der Waals surface area (Å²) in [5.74, 6) is -0.602. The molecule has 0 bridgehead atoms. The number of rotatable bonds is 2. The van der Waals surface area contributed by atoms with Crippen molar-refractivity contribution >= 4 is 5.97 Å². The summed E-state index contributed by atoms with van der Waals surface area (Å²) in [4.78, 5) is 17.3. The summed E-state index contributed by atoms with van der Waals surface area (Å²) in [5.41, 5.74) is 1.44.